The van der Waals surface area contributed by atoms with Gasteiger partial charge in [-0.25, -0.2) is 9.48 Å². The van der Waals surface area contributed by atoms with Gasteiger partial charge in [-0.3, -0.25) is 9.89 Å². The van der Waals surface area contributed by atoms with E-state index in [4.69, 9.17) is 5.11 Å². The van der Waals surface area contributed by atoms with E-state index in [2.05, 4.69) is 5.10 Å². The molecule has 0 aliphatic rings. The highest BCUT2D eigenvalue weighted by Crippen LogP contribution is 2.14. The summed E-state index contributed by atoms with van der Waals surface area (Å²) >= 11 is 0. The summed E-state index contributed by atoms with van der Waals surface area (Å²) in [4.78, 5) is 22.5. The molecule has 2 aromatic rings. The number of H-pyrrole nitrogens is 1. The highest BCUT2D eigenvalue weighted by Gasteiger charge is 2.10. The SMILES string of the molecule is Cc1cc(=O)n(-c2cc(C(=O)O)ccc2C)[nH]1. The minimum atomic E-state index is -1.01. The number of carboxylic acids is 1. The molecular formula is C12H12N2O3. The van der Waals surface area contributed by atoms with Crippen LogP contribution < -0.4 is 5.56 Å². The van der Waals surface area contributed by atoms with E-state index in [0.29, 0.717) is 5.69 Å². The lowest BCUT2D eigenvalue weighted by Gasteiger charge is -2.07. The number of aromatic amines is 1. The van der Waals surface area contributed by atoms with Crippen molar-refractivity contribution in [3.63, 3.8) is 0 Å². The molecule has 0 atom stereocenters. The summed E-state index contributed by atoms with van der Waals surface area (Å²) in [6.45, 7) is 3.60. The number of carboxylic acid groups (broad SMARTS) is 1. The first kappa shape index (κ1) is 11.2. The first-order valence-electron chi connectivity index (χ1n) is 5.12. The zero-order chi connectivity index (χ0) is 12.6. The van der Waals surface area contributed by atoms with E-state index in [-0.39, 0.29) is 11.1 Å². The number of carbonyl (C=O) groups is 1. The van der Waals surface area contributed by atoms with Crippen LogP contribution in [-0.2, 0) is 0 Å². The first-order valence-corrected chi connectivity index (χ1v) is 5.12. The fourth-order valence-corrected chi connectivity index (χ4v) is 1.68. The van der Waals surface area contributed by atoms with Crippen LogP contribution in [-0.4, -0.2) is 20.9 Å². The molecule has 17 heavy (non-hydrogen) atoms. The van der Waals surface area contributed by atoms with Crippen molar-refractivity contribution in [2.45, 2.75) is 13.8 Å². The van der Waals surface area contributed by atoms with Crippen molar-refractivity contribution in [2.24, 2.45) is 0 Å². The lowest BCUT2D eigenvalue weighted by molar-refractivity contribution is 0.0697. The smallest absolute Gasteiger partial charge is 0.335 e. The Bertz CT molecular complexity index is 637. The molecule has 0 radical (unpaired) electrons. The zero-order valence-electron chi connectivity index (χ0n) is 9.52. The van der Waals surface area contributed by atoms with Crippen LogP contribution in [0.3, 0.4) is 0 Å². The van der Waals surface area contributed by atoms with Crippen LogP contribution >= 0.6 is 0 Å². The zero-order valence-corrected chi connectivity index (χ0v) is 9.52. The van der Waals surface area contributed by atoms with Crippen LogP contribution in [0.5, 0.6) is 0 Å². The van der Waals surface area contributed by atoms with E-state index in [9.17, 15) is 9.59 Å². The molecule has 0 unspecified atom stereocenters. The summed E-state index contributed by atoms with van der Waals surface area (Å²) in [7, 11) is 0. The molecule has 0 saturated carbocycles. The highest BCUT2D eigenvalue weighted by atomic mass is 16.4. The molecule has 0 saturated heterocycles. The van der Waals surface area contributed by atoms with Crippen molar-refractivity contribution in [1.29, 1.82) is 0 Å². The molecule has 1 aromatic carbocycles. The number of benzene rings is 1. The highest BCUT2D eigenvalue weighted by molar-refractivity contribution is 5.88. The molecule has 1 heterocycles. The molecule has 0 spiro atoms. The second-order valence-electron chi connectivity index (χ2n) is 3.92. The van der Waals surface area contributed by atoms with E-state index in [1.807, 2.05) is 6.92 Å². The van der Waals surface area contributed by atoms with Gasteiger partial charge in [-0.05, 0) is 31.5 Å². The summed E-state index contributed by atoms with van der Waals surface area (Å²) in [5.41, 5.74) is 2.08. The van der Waals surface area contributed by atoms with Crippen LogP contribution in [0.1, 0.15) is 21.6 Å². The number of aryl methyl sites for hydroxylation is 2. The maximum atomic E-state index is 11.7. The van der Waals surface area contributed by atoms with E-state index in [1.165, 1.54) is 22.9 Å². The minimum Gasteiger partial charge on any atom is -0.478 e. The molecule has 1 aromatic heterocycles. The molecule has 0 amide bonds. The van der Waals surface area contributed by atoms with E-state index in [1.54, 1.807) is 13.0 Å². The molecule has 5 nitrogen and oxygen atoms in total. The molecule has 88 valence electrons. The fraction of sp³-hybridized carbons (Fsp3) is 0.167. The maximum Gasteiger partial charge on any atom is 0.335 e. The van der Waals surface area contributed by atoms with Crippen LogP contribution in [0.15, 0.2) is 29.1 Å². The number of hydrogen-bond acceptors (Lipinski definition) is 2. The van der Waals surface area contributed by atoms with Crippen LogP contribution in [0.4, 0.5) is 0 Å². The predicted molar refractivity (Wildman–Crippen MR) is 62.8 cm³/mol. The van der Waals surface area contributed by atoms with Gasteiger partial charge in [-0.1, -0.05) is 6.07 Å². The second kappa shape index (κ2) is 3.93. The third kappa shape index (κ3) is 1.99. The van der Waals surface area contributed by atoms with Gasteiger partial charge in [-0.2, -0.15) is 0 Å². The molecule has 2 rings (SSSR count). The second-order valence-corrected chi connectivity index (χ2v) is 3.92. The summed E-state index contributed by atoms with van der Waals surface area (Å²) in [5, 5.41) is 11.8. The predicted octanol–water partition coefficient (Wildman–Crippen LogP) is 1.48. The lowest BCUT2D eigenvalue weighted by Crippen LogP contribution is -2.15. The van der Waals surface area contributed by atoms with Gasteiger partial charge < -0.3 is 5.11 Å². The van der Waals surface area contributed by atoms with Crippen LogP contribution in [0, 0.1) is 13.8 Å². The third-order valence-corrected chi connectivity index (χ3v) is 2.55. The summed E-state index contributed by atoms with van der Waals surface area (Å²) in [6.07, 6.45) is 0. The Morgan fingerprint density at radius 1 is 1.29 bits per heavy atom. The normalized spacial score (nSPS) is 10.5. The number of nitrogens with one attached hydrogen (secondary N) is 1. The van der Waals surface area contributed by atoms with Gasteiger partial charge in [0.2, 0.25) is 0 Å². The third-order valence-electron chi connectivity index (χ3n) is 2.55. The number of nitrogens with zero attached hydrogens (tertiary/aromatic N) is 1. The molecule has 0 aliphatic carbocycles. The molecule has 0 aliphatic heterocycles. The van der Waals surface area contributed by atoms with Crippen molar-refractivity contribution in [2.75, 3.05) is 0 Å². The number of rotatable bonds is 2. The van der Waals surface area contributed by atoms with Gasteiger partial charge in [-0.15, -0.1) is 0 Å². The monoisotopic (exact) mass is 232 g/mol. The van der Waals surface area contributed by atoms with Crippen molar-refractivity contribution >= 4 is 5.97 Å². The Balaban J connectivity index is 2.66. The molecule has 2 N–H and O–H groups in total. The summed E-state index contributed by atoms with van der Waals surface area (Å²) in [5.74, 6) is -1.01. The molecule has 0 bridgehead atoms. The molecular weight excluding hydrogens is 220 g/mol. The average molecular weight is 232 g/mol. The van der Waals surface area contributed by atoms with Crippen LogP contribution in [0.25, 0.3) is 5.69 Å². The van der Waals surface area contributed by atoms with Crippen molar-refractivity contribution < 1.29 is 9.90 Å². The maximum absolute atomic E-state index is 11.7. The standard InChI is InChI=1S/C12H12N2O3/c1-7-3-4-9(12(16)17)6-10(7)14-11(15)5-8(2)13-14/h3-6,13H,1-2H3,(H,16,17). The number of aromatic nitrogens is 2. The van der Waals surface area contributed by atoms with Gasteiger partial charge in [0.05, 0.1) is 11.3 Å². The number of aromatic carboxylic acids is 1. The Kier molecular flexibility index (Phi) is 2.59. The minimum absolute atomic E-state index is 0.157. The summed E-state index contributed by atoms with van der Waals surface area (Å²) < 4.78 is 1.34. The molecule has 5 heteroatoms. The topological polar surface area (TPSA) is 75.1 Å². The first-order chi connectivity index (χ1) is 7.99. The van der Waals surface area contributed by atoms with Gasteiger partial charge >= 0.3 is 5.97 Å². The van der Waals surface area contributed by atoms with Gasteiger partial charge in [0.15, 0.2) is 0 Å². The van der Waals surface area contributed by atoms with Crippen molar-refractivity contribution in [3.05, 3.63) is 51.4 Å². The van der Waals surface area contributed by atoms with Gasteiger partial charge in [0.1, 0.15) is 0 Å². The number of hydrogen-bond donors (Lipinski definition) is 2. The Morgan fingerprint density at radius 2 is 2.00 bits per heavy atom. The Hall–Kier alpha value is -2.30. The van der Waals surface area contributed by atoms with Crippen molar-refractivity contribution in [3.8, 4) is 5.69 Å². The molecule has 0 fully saturated rings. The van der Waals surface area contributed by atoms with Crippen molar-refractivity contribution in [1.82, 2.24) is 9.78 Å². The van der Waals surface area contributed by atoms with Gasteiger partial charge in [0, 0.05) is 11.8 Å². The quantitative estimate of drug-likeness (QED) is 0.823. The van der Waals surface area contributed by atoms with E-state index >= 15 is 0 Å². The average Bonchev–Trinajstić information content (AvgIpc) is 2.58. The van der Waals surface area contributed by atoms with Gasteiger partial charge in [0.25, 0.3) is 5.56 Å². The van der Waals surface area contributed by atoms with Crippen LogP contribution in [0.2, 0.25) is 0 Å². The Labute approximate surface area is 97.3 Å². The Morgan fingerprint density at radius 3 is 2.53 bits per heavy atom. The fourth-order valence-electron chi connectivity index (χ4n) is 1.68. The largest absolute Gasteiger partial charge is 0.478 e. The lowest BCUT2D eigenvalue weighted by atomic mass is 10.1. The van der Waals surface area contributed by atoms with E-state index in [0.717, 1.165) is 11.3 Å². The summed E-state index contributed by atoms with van der Waals surface area (Å²) in [6, 6.07) is 6.14. The van der Waals surface area contributed by atoms with E-state index < -0.39 is 5.97 Å².